The second kappa shape index (κ2) is 7.87. The van der Waals surface area contributed by atoms with Crippen LogP contribution in [-0.4, -0.2) is 22.5 Å². The van der Waals surface area contributed by atoms with Crippen LogP contribution in [-0.2, 0) is 0 Å². The number of aromatic nitrogens is 2. The number of carbonyl (C=O) groups is 1. The van der Waals surface area contributed by atoms with Gasteiger partial charge in [0.15, 0.2) is 5.82 Å². The van der Waals surface area contributed by atoms with Crippen LogP contribution in [0, 0.1) is 23.1 Å². The summed E-state index contributed by atoms with van der Waals surface area (Å²) in [5, 5.41) is 13.0. The third-order valence-electron chi connectivity index (χ3n) is 2.88. The normalized spacial score (nSPS) is 10.1. The maximum atomic E-state index is 13.2. The van der Waals surface area contributed by atoms with Gasteiger partial charge < -0.3 is 5.32 Å². The zero-order chi connectivity index (χ0) is 17.5. The molecule has 2 N–H and O–H groups in total. The van der Waals surface area contributed by atoms with Gasteiger partial charge in [0.05, 0.1) is 0 Å². The first kappa shape index (κ1) is 17.1. The first-order chi connectivity index (χ1) is 11.5. The molecule has 0 spiro atoms. The molecule has 0 saturated heterocycles. The van der Waals surface area contributed by atoms with Gasteiger partial charge in [0.25, 0.3) is 0 Å². The summed E-state index contributed by atoms with van der Waals surface area (Å²) in [4.78, 5) is 20.0. The van der Waals surface area contributed by atoms with E-state index in [0.717, 1.165) is 0 Å². The number of nitriles is 1. The Balaban J connectivity index is 2.13. The van der Waals surface area contributed by atoms with Crippen LogP contribution >= 0.6 is 0 Å². The number of urea groups is 1. The number of hydrazine groups is 1. The third-order valence-corrected chi connectivity index (χ3v) is 2.88. The van der Waals surface area contributed by atoms with Gasteiger partial charge in [-0.15, -0.1) is 0 Å². The minimum Gasteiger partial charge on any atom is -0.306 e. The van der Waals surface area contributed by atoms with Crippen LogP contribution in [0.2, 0.25) is 0 Å². The molecule has 2 rings (SSSR count). The Bertz CT molecular complexity index is 758. The van der Waals surface area contributed by atoms with Gasteiger partial charge in [-0.2, -0.15) is 10.2 Å². The lowest BCUT2D eigenvalue weighted by Gasteiger charge is -2.26. The number of rotatable bonds is 5. The van der Waals surface area contributed by atoms with Gasteiger partial charge >= 0.3 is 6.03 Å². The highest BCUT2D eigenvalue weighted by molar-refractivity contribution is 5.90. The number of nitrogens with zero attached hydrogens (tertiary/aromatic N) is 4. The lowest BCUT2D eigenvalue weighted by molar-refractivity contribution is 0.250. The molecule has 8 heteroatoms. The van der Waals surface area contributed by atoms with E-state index in [0.29, 0.717) is 18.1 Å². The van der Waals surface area contributed by atoms with Gasteiger partial charge in [-0.1, -0.05) is 19.9 Å². The Hall–Kier alpha value is -3.21. The molecule has 0 unspecified atom stereocenters. The van der Waals surface area contributed by atoms with E-state index in [9.17, 15) is 9.18 Å². The summed E-state index contributed by atoms with van der Waals surface area (Å²) in [6, 6.07) is 8.48. The lowest BCUT2D eigenvalue weighted by Crippen LogP contribution is -2.47. The standard InChI is InChI=1S/C16H17FN6O/c1-11(2)10-23(15-6-7-19-14(9-18)21-15)22-16(24)20-13-5-3-4-12(17)8-13/h3-8,11H,10H2,1-2H3,(H2,20,22,24). The predicted molar refractivity (Wildman–Crippen MR) is 87.5 cm³/mol. The Morgan fingerprint density at radius 3 is 2.88 bits per heavy atom. The van der Waals surface area contributed by atoms with Gasteiger partial charge in [-0.25, -0.2) is 19.6 Å². The van der Waals surface area contributed by atoms with Gasteiger partial charge in [0.2, 0.25) is 5.82 Å². The summed E-state index contributed by atoms with van der Waals surface area (Å²) in [7, 11) is 0. The van der Waals surface area contributed by atoms with E-state index in [2.05, 4.69) is 20.7 Å². The van der Waals surface area contributed by atoms with Gasteiger partial charge in [0.1, 0.15) is 11.9 Å². The smallest absolute Gasteiger partial charge is 0.306 e. The van der Waals surface area contributed by atoms with Crippen molar-refractivity contribution in [3.63, 3.8) is 0 Å². The zero-order valence-electron chi connectivity index (χ0n) is 13.3. The van der Waals surface area contributed by atoms with Crippen molar-refractivity contribution < 1.29 is 9.18 Å². The van der Waals surface area contributed by atoms with Crippen LogP contribution in [0.25, 0.3) is 0 Å². The van der Waals surface area contributed by atoms with Gasteiger partial charge in [0, 0.05) is 24.5 Å². The molecule has 0 aliphatic heterocycles. The highest BCUT2D eigenvalue weighted by Gasteiger charge is 2.14. The van der Waals surface area contributed by atoms with E-state index in [4.69, 9.17) is 5.26 Å². The van der Waals surface area contributed by atoms with E-state index in [1.54, 1.807) is 12.1 Å². The highest BCUT2D eigenvalue weighted by atomic mass is 19.1. The molecule has 2 amide bonds. The van der Waals surface area contributed by atoms with Crippen LogP contribution in [0.15, 0.2) is 36.5 Å². The summed E-state index contributed by atoms with van der Waals surface area (Å²) >= 11 is 0. The molecule has 7 nitrogen and oxygen atoms in total. The van der Waals surface area contributed by atoms with Crippen molar-refractivity contribution in [2.45, 2.75) is 13.8 Å². The Morgan fingerprint density at radius 2 is 2.21 bits per heavy atom. The van der Waals surface area contributed by atoms with Crippen molar-refractivity contribution in [3.8, 4) is 6.07 Å². The summed E-state index contributed by atoms with van der Waals surface area (Å²) in [5.41, 5.74) is 2.98. The summed E-state index contributed by atoms with van der Waals surface area (Å²) in [6.07, 6.45) is 1.44. The van der Waals surface area contributed by atoms with Gasteiger partial charge in [-0.05, 0) is 24.1 Å². The quantitative estimate of drug-likeness (QED) is 0.823. The van der Waals surface area contributed by atoms with Crippen LogP contribution in [0.5, 0.6) is 0 Å². The van der Waals surface area contributed by atoms with Crippen molar-refractivity contribution in [1.82, 2.24) is 15.4 Å². The van der Waals surface area contributed by atoms with Crippen molar-refractivity contribution in [3.05, 3.63) is 48.2 Å². The molecule has 0 saturated carbocycles. The number of hydrogen-bond donors (Lipinski definition) is 2. The predicted octanol–water partition coefficient (Wildman–Crippen LogP) is 2.69. The molecule has 2 aromatic rings. The first-order valence-electron chi connectivity index (χ1n) is 7.32. The number of carbonyl (C=O) groups excluding carboxylic acids is 1. The number of hydrogen-bond acceptors (Lipinski definition) is 5. The van der Waals surface area contributed by atoms with E-state index in [1.165, 1.54) is 29.4 Å². The average Bonchev–Trinajstić information content (AvgIpc) is 2.54. The molecular weight excluding hydrogens is 311 g/mol. The summed E-state index contributed by atoms with van der Waals surface area (Å²) in [5.74, 6) is 0.180. The van der Waals surface area contributed by atoms with Crippen LogP contribution in [0.1, 0.15) is 19.7 Å². The number of benzene rings is 1. The molecule has 0 aliphatic carbocycles. The SMILES string of the molecule is CC(C)CN(NC(=O)Nc1cccc(F)c1)c1ccnc(C#N)n1. The molecule has 0 aliphatic rings. The topological polar surface area (TPSA) is 93.9 Å². The van der Waals surface area contributed by atoms with Crippen molar-refractivity contribution in [2.24, 2.45) is 5.92 Å². The van der Waals surface area contributed by atoms with E-state index in [-0.39, 0.29) is 11.7 Å². The number of amides is 2. The number of anilines is 2. The Labute approximate surface area is 139 Å². The maximum Gasteiger partial charge on any atom is 0.338 e. The van der Waals surface area contributed by atoms with Crippen LogP contribution in [0.4, 0.5) is 20.7 Å². The molecule has 0 atom stereocenters. The molecule has 1 aromatic carbocycles. The Kier molecular flexibility index (Phi) is 5.63. The van der Waals surface area contributed by atoms with E-state index < -0.39 is 11.8 Å². The first-order valence-corrected chi connectivity index (χ1v) is 7.32. The second-order valence-corrected chi connectivity index (χ2v) is 5.43. The van der Waals surface area contributed by atoms with Gasteiger partial charge in [-0.3, -0.25) is 5.01 Å². The van der Waals surface area contributed by atoms with Crippen molar-refractivity contribution in [2.75, 3.05) is 16.9 Å². The largest absolute Gasteiger partial charge is 0.338 e. The van der Waals surface area contributed by atoms with Crippen LogP contribution < -0.4 is 15.8 Å². The van der Waals surface area contributed by atoms with E-state index in [1.807, 2.05) is 19.9 Å². The molecular formula is C16H17FN6O. The second-order valence-electron chi connectivity index (χ2n) is 5.43. The zero-order valence-corrected chi connectivity index (χ0v) is 13.3. The minimum atomic E-state index is -0.543. The maximum absolute atomic E-state index is 13.2. The van der Waals surface area contributed by atoms with Crippen molar-refractivity contribution >= 4 is 17.5 Å². The highest BCUT2D eigenvalue weighted by Crippen LogP contribution is 2.12. The molecule has 0 fully saturated rings. The van der Waals surface area contributed by atoms with E-state index >= 15 is 0 Å². The fourth-order valence-electron chi connectivity index (χ4n) is 1.96. The van der Waals surface area contributed by atoms with Crippen molar-refractivity contribution in [1.29, 1.82) is 5.26 Å². The lowest BCUT2D eigenvalue weighted by atomic mass is 10.2. The minimum absolute atomic E-state index is 0.00796. The number of halogens is 1. The number of nitrogens with one attached hydrogen (secondary N) is 2. The van der Waals surface area contributed by atoms with Crippen LogP contribution in [0.3, 0.4) is 0 Å². The molecule has 24 heavy (non-hydrogen) atoms. The summed E-state index contributed by atoms with van der Waals surface area (Å²) < 4.78 is 13.2. The monoisotopic (exact) mass is 328 g/mol. The average molecular weight is 328 g/mol. The summed E-state index contributed by atoms with van der Waals surface area (Å²) in [6.45, 7) is 4.43. The third kappa shape index (κ3) is 4.91. The molecule has 1 heterocycles. The fourth-order valence-corrected chi connectivity index (χ4v) is 1.96. The fraction of sp³-hybridized carbons (Fsp3) is 0.250. The molecule has 1 aromatic heterocycles. The molecule has 0 bridgehead atoms. The molecule has 0 radical (unpaired) electrons. The molecule has 124 valence electrons. The Morgan fingerprint density at radius 1 is 1.42 bits per heavy atom.